The maximum absolute atomic E-state index is 6.13. The first-order chi connectivity index (χ1) is 9.15. The molecule has 102 valence electrons. The summed E-state index contributed by atoms with van der Waals surface area (Å²) in [4.78, 5) is 1.33. The van der Waals surface area contributed by atoms with E-state index in [-0.39, 0.29) is 0 Å². The number of hydrogen-bond donors (Lipinski definition) is 1. The van der Waals surface area contributed by atoms with Crippen molar-refractivity contribution in [3.05, 3.63) is 45.1 Å². The number of anilines is 1. The number of ether oxygens (including phenoxy) is 1. The predicted octanol–water partition coefficient (Wildman–Crippen LogP) is 5.28. The van der Waals surface area contributed by atoms with Crippen molar-refractivity contribution in [3.63, 3.8) is 0 Å². The van der Waals surface area contributed by atoms with Crippen LogP contribution in [0.4, 0.5) is 5.69 Å². The maximum Gasteiger partial charge on any atom is 0.143 e. The minimum Gasteiger partial charge on any atom is -0.495 e. The average Bonchev–Trinajstić information content (AvgIpc) is 2.93. The molecule has 0 aliphatic rings. The van der Waals surface area contributed by atoms with Crippen molar-refractivity contribution in [2.24, 2.45) is 0 Å². The highest BCUT2D eigenvalue weighted by Crippen LogP contribution is 2.34. The fourth-order valence-corrected chi connectivity index (χ4v) is 3.01. The lowest BCUT2D eigenvalue weighted by molar-refractivity contribution is 0.416. The zero-order valence-corrected chi connectivity index (χ0v) is 12.9. The van der Waals surface area contributed by atoms with Gasteiger partial charge in [0.15, 0.2) is 0 Å². The van der Waals surface area contributed by atoms with Gasteiger partial charge in [-0.1, -0.05) is 24.6 Å². The molecule has 1 aromatic heterocycles. The van der Waals surface area contributed by atoms with Crippen molar-refractivity contribution >= 4 is 28.6 Å². The number of methoxy groups -OCH3 is 1. The molecular weight excluding hydrogens is 278 g/mol. The van der Waals surface area contributed by atoms with Crippen LogP contribution in [0.5, 0.6) is 5.75 Å². The third kappa shape index (κ3) is 3.23. The van der Waals surface area contributed by atoms with Gasteiger partial charge in [-0.25, -0.2) is 0 Å². The summed E-state index contributed by atoms with van der Waals surface area (Å²) in [5.41, 5.74) is 2.04. The highest BCUT2D eigenvalue weighted by atomic mass is 35.5. The van der Waals surface area contributed by atoms with Crippen molar-refractivity contribution in [1.29, 1.82) is 0 Å². The number of nitrogens with one attached hydrogen (secondary N) is 1. The molecule has 0 spiro atoms. The summed E-state index contributed by atoms with van der Waals surface area (Å²) in [7, 11) is 1.66. The Labute approximate surface area is 123 Å². The lowest BCUT2D eigenvalue weighted by Crippen LogP contribution is -2.09. The number of thiophene rings is 1. The number of aryl methyl sites for hydroxylation is 1. The Hall–Kier alpha value is -1.19. The average molecular weight is 296 g/mol. The monoisotopic (exact) mass is 295 g/mol. The van der Waals surface area contributed by atoms with Crippen LogP contribution in [-0.2, 0) is 0 Å². The van der Waals surface area contributed by atoms with Gasteiger partial charge in [-0.3, -0.25) is 0 Å². The first-order valence-electron chi connectivity index (χ1n) is 6.29. The Morgan fingerprint density at radius 1 is 1.42 bits per heavy atom. The number of benzene rings is 1. The Bertz CT molecular complexity index is 539. The van der Waals surface area contributed by atoms with Gasteiger partial charge in [0.25, 0.3) is 0 Å². The summed E-state index contributed by atoms with van der Waals surface area (Å²) in [6, 6.07) is 8.43. The van der Waals surface area contributed by atoms with E-state index in [9.17, 15) is 0 Å². The minimum atomic E-state index is 0.300. The molecule has 2 nitrogen and oxygen atoms in total. The molecule has 0 amide bonds. The van der Waals surface area contributed by atoms with Crippen LogP contribution in [0.2, 0.25) is 5.02 Å². The van der Waals surface area contributed by atoms with Gasteiger partial charge in [0.05, 0.1) is 18.8 Å². The van der Waals surface area contributed by atoms with E-state index in [2.05, 4.69) is 29.8 Å². The predicted molar refractivity (Wildman–Crippen MR) is 83.7 cm³/mol. The SMILES string of the molecule is CCC(Nc1cc(C)c(Cl)cc1OC)c1cccs1. The van der Waals surface area contributed by atoms with Gasteiger partial charge in [0.2, 0.25) is 0 Å². The van der Waals surface area contributed by atoms with Crippen LogP contribution in [0.15, 0.2) is 29.6 Å². The summed E-state index contributed by atoms with van der Waals surface area (Å²) in [6.07, 6.45) is 1.02. The van der Waals surface area contributed by atoms with E-state index in [1.54, 1.807) is 18.4 Å². The smallest absolute Gasteiger partial charge is 0.143 e. The van der Waals surface area contributed by atoms with Gasteiger partial charge in [-0.15, -0.1) is 11.3 Å². The molecular formula is C15H18ClNOS. The van der Waals surface area contributed by atoms with Crippen LogP contribution in [-0.4, -0.2) is 7.11 Å². The molecule has 0 aliphatic carbocycles. The Balaban J connectivity index is 2.29. The number of halogens is 1. The third-order valence-electron chi connectivity index (χ3n) is 3.11. The van der Waals surface area contributed by atoms with Crippen LogP contribution in [0.25, 0.3) is 0 Å². The van der Waals surface area contributed by atoms with E-state index in [1.807, 2.05) is 19.1 Å². The second-order valence-corrected chi connectivity index (χ2v) is 5.81. The molecule has 0 saturated heterocycles. The lowest BCUT2D eigenvalue weighted by Gasteiger charge is -2.20. The molecule has 0 fully saturated rings. The molecule has 0 bridgehead atoms. The van der Waals surface area contributed by atoms with E-state index >= 15 is 0 Å². The Morgan fingerprint density at radius 3 is 2.79 bits per heavy atom. The molecule has 2 rings (SSSR count). The van der Waals surface area contributed by atoms with E-state index in [1.165, 1.54) is 4.88 Å². The van der Waals surface area contributed by atoms with Crippen molar-refractivity contribution < 1.29 is 4.74 Å². The third-order valence-corrected chi connectivity index (χ3v) is 4.50. The van der Waals surface area contributed by atoms with Gasteiger partial charge in [-0.05, 0) is 36.4 Å². The van der Waals surface area contributed by atoms with E-state index < -0.39 is 0 Å². The van der Waals surface area contributed by atoms with Crippen LogP contribution >= 0.6 is 22.9 Å². The normalized spacial score (nSPS) is 12.2. The van der Waals surface area contributed by atoms with Gasteiger partial charge in [0, 0.05) is 16.0 Å². The molecule has 1 N–H and O–H groups in total. The van der Waals surface area contributed by atoms with Crippen molar-refractivity contribution in [2.45, 2.75) is 26.3 Å². The topological polar surface area (TPSA) is 21.3 Å². The summed E-state index contributed by atoms with van der Waals surface area (Å²) in [6.45, 7) is 4.17. The molecule has 1 aromatic carbocycles. The highest BCUT2D eigenvalue weighted by Gasteiger charge is 2.14. The first kappa shape index (κ1) is 14.2. The van der Waals surface area contributed by atoms with Crippen molar-refractivity contribution in [2.75, 3.05) is 12.4 Å². The van der Waals surface area contributed by atoms with E-state index in [0.717, 1.165) is 28.4 Å². The Kier molecular flexibility index (Phi) is 4.72. The fourth-order valence-electron chi connectivity index (χ4n) is 2.00. The molecule has 0 saturated carbocycles. The molecule has 1 heterocycles. The van der Waals surface area contributed by atoms with Crippen LogP contribution in [0.3, 0.4) is 0 Å². The van der Waals surface area contributed by atoms with Crippen LogP contribution < -0.4 is 10.1 Å². The highest BCUT2D eigenvalue weighted by molar-refractivity contribution is 7.10. The zero-order valence-electron chi connectivity index (χ0n) is 11.4. The van der Waals surface area contributed by atoms with E-state index in [0.29, 0.717) is 6.04 Å². The molecule has 0 radical (unpaired) electrons. The summed E-state index contributed by atoms with van der Waals surface area (Å²) in [5.74, 6) is 0.783. The summed E-state index contributed by atoms with van der Waals surface area (Å²) < 4.78 is 5.40. The molecule has 0 aliphatic heterocycles. The minimum absolute atomic E-state index is 0.300. The second-order valence-electron chi connectivity index (χ2n) is 4.42. The maximum atomic E-state index is 6.13. The van der Waals surface area contributed by atoms with Crippen molar-refractivity contribution in [3.8, 4) is 5.75 Å². The number of hydrogen-bond acceptors (Lipinski definition) is 3. The lowest BCUT2D eigenvalue weighted by atomic mass is 10.1. The second kappa shape index (κ2) is 6.31. The number of rotatable bonds is 5. The molecule has 2 aromatic rings. The van der Waals surface area contributed by atoms with Gasteiger partial charge < -0.3 is 10.1 Å². The standard InChI is InChI=1S/C15H18ClNOS/c1-4-12(15-6-5-7-19-15)17-13-8-10(2)11(16)9-14(13)18-3/h5-9,12,17H,4H2,1-3H3. The molecule has 19 heavy (non-hydrogen) atoms. The fraction of sp³-hybridized carbons (Fsp3) is 0.333. The van der Waals surface area contributed by atoms with Crippen LogP contribution in [0, 0.1) is 6.92 Å². The first-order valence-corrected chi connectivity index (χ1v) is 7.55. The summed E-state index contributed by atoms with van der Waals surface area (Å²) >= 11 is 7.90. The molecule has 1 unspecified atom stereocenters. The van der Waals surface area contributed by atoms with Crippen LogP contribution in [0.1, 0.15) is 29.8 Å². The quantitative estimate of drug-likeness (QED) is 0.810. The zero-order chi connectivity index (χ0) is 13.8. The molecule has 4 heteroatoms. The van der Waals surface area contributed by atoms with E-state index in [4.69, 9.17) is 16.3 Å². The summed E-state index contributed by atoms with van der Waals surface area (Å²) in [5, 5.41) is 6.37. The van der Waals surface area contributed by atoms with Crippen molar-refractivity contribution in [1.82, 2.24) is 0 Å². The van der Waals surface area contributed by atoms with Gasteiger partial charge in [-0.2, -0.15) is 0 Å². The van der Waals surface area contributed by atoms with Gasteiger partial charge in [0.1, 0.15) is 5.75 Å². The molecule has 1 atom stereocenters. The Morgan fingerprint density at radius 2 is 2.21 bits per heavy atom. The largest absolute Gasteiger partial charge is 0.495 e. The van der Waals surface area contributed by atoms with Gasteiger partial charge >= 0.3 is 0 Å².